The summed E-state index contributed by atoms with van der Waals surface area (Å²) in [5, 5.41) is 26.2. The monoisotopic (exact) mass is 921 g/mol. The maximum Gasteiger partial charge on any atom is 0.338 e. The van der Waals surface area contributed by atoms with Gasteiger partial charge in [0.2, 0.25) is 11.8 Å². The largest absolute Gasteiger partial charge is 0.460 e. The lowest BCUT2D eigenvalue weighted by Crippen LogP contribution is -2.55. The molecule has 0 bridgehead atoms. The third-order valence-electron chi connectivity index (χ3n) is 14.7. The van der Waals surface area contributed by atoms with Crippen LogP contribution in [0.1, 0.15) is 181 Å². The van der Waals surface area contributed by atoms with Gasteiger partial charge in [-0.25, -0.2) is 4.79 Å². The van der Waals surface area contributed by atoms with E-state index in [2.05, 4.69) is 51.3 Å². The van der Waals surface area contributed by atoms with Gasteiger partial charge in [0.25, 0.3) is 0 Å². The second-order valence-electron chi connectivity index (χ2n) is 21.8. The summed E-state index contributed by atoms with van der Waals surface area (Å²) in [5.74, 6) is -2.23. The number of hydrogen-bond donors (Lipinski definition) is 4. The van der Waals surface area contributed by atoms with Crippen molar-refractivity contribution in [3.8, 4) is 0 Å². The van der Waals surface area contributed by atoms with E-state index in [9.17, 15) is 29.4 Å². The second kappa shape index (κ2) is 21.8. The molecule has 368 valence electrons. The van der Waals surface area contributed by atoms with Crippen LogP contribution in [-0.2, 0) is 38.1 Å². The van der Waals surface area contributed by atoms with Gasteiger partial charge in [-0.1, -0.05) is 77.2 Å². The first-order valence-corrected chi connectivity index (χ1v) is 25.1. The number of amides is 2. The summed E-state index contributed by atoms with van der Waals surface area (Å²) in [7, 11) is 0. The highest BCUT2D eigenvalue weighted by Gasteiger charge is 2.56. The number of carbonyl (C=O) groups excluding carboxylic acids is 4. The van der Waals surface area contributed by atoms with Gasteiger partial charge in [0.05, 0.1) is 36.0 Å². The highest BCUT2D eigenvalue weighted by atomic mass is 16.8. The third kappa shape index (κ3) is 13.1. The van der Waals surface area contributed by atoms with E-state index >= 15 is 0 Å². The zero-order chi connectivity index (χ0) is 48.0. The number of benzene rings is 1. The molecule has 4 fully saturated rings. The Bertz CT molecular complexity index is 1920. The molecule has 13 heteroatoms. The van der Waals surface area contributed by atoms with Crippen LogP contribution in [0.5, 0.6) is 0 Å². The summed E-state index contributed by atoms with van der Waals surface area (Å²) in [4.78, 5) is 54.4. The number of ether oxygens (including phenoxy) is 5. The molecule has 1 aromatic carbocycles. The predicted octanol–water partition coefficient (Wildman–Crippen LogP) is 8.42. The number of aliphatic hydroxyl groups is 2. The Balaban J connectivity index is 1.21. The summed E-state index contributed by atoms with van der Waals surface area (Å²) < 4.78 is 31.6. The number of fused-ring (bicyclic) bond motifs is 3. The van der Waals surface area contributed by atoms with Gasteiger partial charge in [0.15, 0.2) is 5.79 Å². The fraction of sp³-hybridized carbons (Fsp3) is 0.736. The molecule has 2 heterocycles. The molecule has 2 amide bonds. The highest BCUT2D eigenvalue weighted by molar-refractivity contribution is 5.98. The Hall–Kier alpha value is -3.62. The predicted molar refractivity (Wildman–Crippen MR) is 252 cm³/mol. The number of carbonyl (C=O) groups is 4. The zero-order valence-electron chi connectivity index (χ0n) is 41.2. The number of rotatable bonds is 20. The molecule has 6 rings (SSSR count). The molecule has 0 aromatic heterocycles. The van der Waals surface area contributed by atoms with Gasteiger partial charge in [0, 0.05) is 31.3 Å². The summed E-state index contributed by atoms with van der Waals surface area (Å²) >= 11 is 0. The highest BCUT2D eigenvalue weighted by Crippen LogP contribution is 2.60. The van der Waals surface area contributed by atoms with E-state index in [0.29, 0.717) is 30.2 Å². The molecule has 1 aromatic rings. The molecule has 0 spiro atoms. The molecule has 5 aliphatic rings. The molecule has 13 nitrogen and oxygen atoms in total. The van der Waals surface area contributed by atoms with Crippen molar-refractivity contribution < 1.29 is 53.1 Å². The molecule has 10 atom stereocenters. The van der Waals surface area contributed by atoms with E-state index in [4.69, 9.17) is 23.7 Å². The van der Waals surface area contributed by atoms with E-state index in [-0.39, 0.29) is 42.0 Å². The van der Waals surface area contributed by atoms with Gasteiger partial charge in [-0.15, -0.1) is 0 Å². The molecule has 2 saturated heterocycles. The van der Waals surface area contributed by atoms with Crippen LogP contribution in [0.15, 0.2) is 41.5 Å². The average Bonchev–Trinajstić information content (AvgIpc) is 3.73. The molecule has 4 N–H and O–H groups in total. The minimum atomic E-state index is -1.41. The standard InChI is InChI=1S/C53H80N2O11/c1-10-12-14-24-53(25-15-13-11-2)63-42-30-37(47(59)55-45(33(3)57)48(60)54-38(32-56)20-22-44(58)65-50(4,5)6)29-41(46(42)66-53)62-49(61)36-18-16-17-34(28-36)27-35-19-21-43-52(9,64-43)26-23-40-39(35)31-51(40,7)8/h16-18,27-28,30,33,38-43,45-46,56-57H,10-15,19-26,29,31-32H2,1-9H3,(H,54,60)(H,55,59)/t33-,38-,39+,40+,41+,42+,43?,45+,46-,52+/m0/s1. The Morgan fingerprint density at radius 1 is 0.970 bits per heavy atom. The maximum atomic E-state index is 14.3. The molecule has 2 saturated carbocycles. The quantitative estimate of drug-likeness (QED) is 0.0560. The molecular weight excluding hydrogens is 841 g/mol. The van der Waals surface area contributed by atoms with Crippen molar-refractivity contribution in [1.29, 1.82) is 0 Å². The van der Waals surface area contributed by atoms with Crippen molar-refractivity contribution in [3.05, 3.63) is 52.6 Å². The molecule has 0 radical (unpaired) electrons. The zero-order valence-corrected chi connectivity index (χ0v) is 41.2. The number of aliphatic hydroxyl groups excluding tert-OH is 2. The summed E-state index contributed by atoms with van der Waals surface area (Å²) in [6, 6.07) is 5.31. The molecule has 3 aliphatic carbocycles. The van der Waals surface area contributed by atoms with Gasteiger partial charge < -0.3 is 44.5 Å². The fourth-order valence-corrected chi connectivity index (χ4v) is 10.8. The number of esters is 2. The van der Waals surface area contributed by atoms with Crippen LogP contribution in [0, 0.1) is 17.3 Å². The number of nitrogens with one attached hydrogen (secondary N) is 2. The first kappa shape index (κ1) is 51.8. The fourth-order valence-electron chi connectivity index (χ4n) is 10.8. The maximum absolute atomic E-state index is 14.3. The SMILES string of the molecule is CCCCCC1(CCCCC)O[C@@H]2[C@@H](C=C(C(=O)N[C@@H](C(=O)N[C@H](CO)CCC(=O)OC(C)(C)C)[C@H](C)O)C[C@H]2OC(=O)c2cccc(C=C3CCC4O[C@]4(C)CC[C@@H]4[C@@H]3CC4(C)C)c2)O1. The average molecular weight is 921 g/mol. The summed E-state index contributed by atoms with van der Waals surface area (Å²) in [6.45, 7) is 17.5. The third-order valence-corrected chi connectivity index (χ3v) is 14.7. The lowest BCUT2D eigenvalue weighted by Gasteiger charge is -2.53. The van der Waals surface area contributed by atoms with Gasteiger partial charge >= 0.3 is 11.9 Å². The van der Waals surface area contributed by atoms with E-state index < -0.39 is 78.2 Å². The van der Waals surface area contributed by atoms with Crippen molar-refractivity contribution in [2.45, 2.75) is 225 Å². The molecule has 1 unspecified atom stereocenters. The van der Waals surface area contributed by atoms with E-state index in [0.717, 1.165) is 76.2 Å². The summed E-state index contributed by atoms with van der Waals surface area (Å²) in [6.07, 6.45) is 13.1. The number of epoxide rings is 1. The Morgan fingerprint density at radius 2 is 1.68 bits per heavy atom. The van der Waals surface area contributed by atoms with Crippen molar-refractivity contribution >= 4 is 29.8 Å². The first-order valence-electron chi connectivity index (χ1n) is 25.1. The van der Waals surface area contributed by atoms with E-state index in [1.165, 1.54) is 12.5 Å². The Kier molecular flexibility index (Phi) is 17.1. The Labute approximate surface area is 393 Å². The van der Waals surface area contributed by atoms with Crippen molar-refractivity contribution in [3.63, 3.8) is 0 Å². The van der Waals surface area contributed by atoms with Gasteiger partial charge in [0.1, 0.15) is 30.0 Å². The van der Waals surface area contributed by atoms with Crippen LogP contribution in [0.3, 0.4) is 0 Å². The number of unbranched alkanes of at least 4 members (excludes halogenated alkanes) is 4. The van der Waals surface area contributed by atoms with Crippen LogP contribution in [-0.4, -0.2) is 100 Å². The van der Waals surface area contributed by atoms with Crippen LogP contribution in [0.2, 0.25) is 0 Å². The van der Waals surface area contributed by atoms with Crippen molar-refractivity contribution in [2.24, 2.45) is 17.3 Å². The molecular formula is C53H80N2O11. The van der Waals surface area contributed by atoms with E-state index in [1.54, 1.807) is 32.9 Å². The summed E-state index contributed by atoms with van der Waals surface area (Å²) in [5.41, 5.74) is 2.54. The van der Waals surface area contributed by atoms with Gasteiger partial charge in [-0.3, -0.25) is 14.4 Å². The van der Waals surface area contributed by atoms with Crippen molar-refractivity contribution in [2.75, 3.05) is 6.61 Å². The van der Waals surface area contributed by atoms with Crippen LogP contribution in [0.4, 0.5) is 0 Å². The number of allylic oxidation sites excluding steroid dienone is 1. The Morgan fingerprint density at radius 3 is 2.32 bits per heavy atom. The van der Waals surface area contributed by atoms with Gasteiger partial charge in [-0.05, 0) is 127 Å². The lowest BCUT2D eigenvalue weighted by atomic mass is 9.52. The second-order valence-corrected chi connectivity index (χ2v) is 21.8. The van der Waals surface area contributed by atoms with Crippen LogP contribution < -0.4 is 10.6 Å². The van der Waals surface area contributed by atoms with Crippen LogP contribution >= 0.6 is 0 Å². The van der Waals surface area contributed by atoms with E-state index in [1.807, 2.05) is 18.2 Å². The number of hydrogen-bond acceptors (Lipinski definition) is 11. The first-order chi connectivity index (χ1) is 31.2. The minimum Gasteiger partial charge on any atom is -0.460 e. The topological polar surface area (TPSA) is 182 Å². The van der Waals surface area contributed by atoms with Gasteiger partial charge in [-0.2, -0.15) is 0 Å². The minimum absolute atomic E-state index is 0.00890. The molecule has 2 aliphatic heterocycles. The van der Waals surface area contributed by atoms with Crippen molar-refractivity contribution in [1.82, 2.24) is 10.6 Å². The smallest absolute Gasteiger partial charge is 0.338 e. The molecule has 66 heavy (non-hydrogen) atoms. The lowest BCUT2D eigenvalue weighted by molar-refractivity contribution is -0.190. The van der Waals surface area contributed by atoms with Crippen LogP contribution in [0.25, 0.3) is 6.08 Å². The normalized spacial score (nSPS) is 29.4.